The number of rotatable bonds is 3. The fraction of sp³-hybridized carbons (Fsp3) is 0.250. The number of carbonyl (C=O) groups excluding carboxylic acids is 1. The molecule has 2 aromatic rings. The molecule has 0 saturated heterocycles. The summed E-state index contributed by atoms with van der Waals surface area (Å²) in [6, 6.07) is 5.49. The first-order valence-corrected chi connectivity index (χ1v) is 6.24. The average molecular weight is 309 g/mol. The molecule has 2 rings (SSSR count). The molecule has 0 aliphatic rings. The second-order valence-electron chi connectivity index (χ2n) is 4.00. The third-order valence-corrected chi connectivity index (χ3v) is 3.52. The normalized spacial score (nSPS) is 10.4. The minimum Gasteiger partial charge on any atom is -0.345 e. The van der Waals surface area contributed by atoms with Gasteiger partial charge in [-0.25, -0.2) is 0 Å². The number of aryl methyl sites for hydroxylation is 2. The fourth-order valence-corrected chi connectivity index (χ4v) is 1.76. The summed E-state index contributed by atoms with van der Waals surface area (Å²) in [6.45, 7) is 2.31. The predicted octanol–water partition coefficient (Wildman–Crippen LogP) is 1.82. The maximum Gasteiger partial charge on any atom is 0.251 e. The number of hydrogen-bond donors (Lipinski definition) is 1. The third-order valence-electron chi connectivity index (χ3n) is 2.63. The van der Waals surface area contributed by atoms with E-state index in [9.17, 15) is 4.79 Å². The summed E-state index contributed by atoms with van der Waals surface area (Å²) in [4.78, 5) is 11.9. The molecule has 0 radical (unpaired) electrons. The molecule has 1 aromatic carbocycles. The number of aromatic nitrogens is 3. The molecular formula is C12H13BrN4O. The molecule has 0 aliphatic heterocycles. The van der Waals surface area contributed by atoms with Crippen molar-refractivity contribution in [3.8, 4) is 0 Å². The van der Waals surface area contributed by atoms with Crippen molar-refractivity contribution in [3.63, 3.8) is 0 Å². The molecule has 1 aromatic heterocycles. The highest BCUT2D eigenvalue weighted by molar-refractivity contribution is 9.10. The number of halogens is 1. The van der Waals surface area contributed by atoms with E-state index in [1.165, 1.54) is 0 Å². The van der Waals surface area contributed by atoms with Gasteiger partial charge in [0, 0.05) is 17.1 Å². The lowest BCUT2D eigenvalue weighted by atomic mass is 10.1. The van der Waals surface area contributed by atoms with Gasteiger partial charge < -0.3 is 9.88 Å². The van der Waals surface area contributed by atoms with Crippen molar-refractivity contribution in [2.45, 2.75) is 13.5 Å². The maximum absolute atomic E-state index is 11.9. The molecule has 94 valence electrons. The smallest absolute Gasteiger partial charge is 0.251 e. The monoisotopic (exact) mass is 308 g/mol. The van der Waals surface area contributed by atoms with E-state index >= 15 is 0 Å². The van der Waals surface area contributed by atoms with E-state index in [2.05, 4.69) is 31.4 Å². The summed E-state index contributed by atoms with van der Waals surface area (Å²) in [5.74, 6) is 0.603. The van der Waals surface area contributed by atoms with Crippen LogP contribution < -0.4 is 5.32 Å². The Labute approximate surface area is 113 Å². The van der Waals surface area contributed by atoms with Crippen molar-refractivity contribution in [1.82, 2.24) is 20.1 Å². The Balaban J connectivity index is 2.04. The lowest BCUT2D eigenvalue weighted by Gasteiger charge is -2.06. The van der Waals surface area contributed by atoms with Crippen molar-refractivity contribution in [2.75, 3.05) is 0 Å². The van der Waals surface area contributed by atoms with E-state index in [0.29, 0.717) is 12.1 Å². The molecule has 0 unspecified atom stereocenters. The number of amides is 1. The zero-order chi connectivity index (χ0) is 13.1. The molecule has 0 bridgehead atoms. The van der Waals surface area contributed by atoms with Gasteiger partial charge in [-0.3, -0.25) is 4.79 Å². The van der Waals surface area contributed by atoms with Crippen LogP contribution >= 0.6 is 15.9 Å². The van der Waals surface area contributed by atoms with Crippen LogP contribution in [0, 0.1) is 6.92 Å². The molecule has 1 amide bonds. The Hall–Kier alpha value is -1.69. The van der Waals surface area contributed by atoms with Crippen LogP contribution in [-0.2, 0) is 13.6 Å². The molecule has 5 nitrogen and oxygen atoms in total. The van der Waals surface area contributed by atoms with Crippen LogP contribution in [0.4, 0.5) is 0 Å². The quantitative estimate of drug-likeness (QED) is 0.941. The molecule has 6 heteroatoms. The zero-order valence-corrected chi connectivity index (χ0v) is 11.7. The van der Waals surface area contributed by atoms with Gasteiger partial charge in [0.2, 0.25) is 0 Å². The minimum atomic E-state index is -0.117. The van der Waals surface area contributed by atoms with E-state index < -0.39 is 0 Å². The first-order chi connectivity index (χ1) is 8.58. The third kappa shape index (κ3) is 2.76. The molecule has 0 aliphatic carbocycles. The SMILES string of the molecule is Cc1cc(C(=O)NCc2nncn2C)ccc1Br. The summed E-state index contributed by atoms with van der Waals surface area (Å²) in [7, 11) is 1.84. The number of nitrogens with zero attached hydrogens (tertiary/aromatic N) is 3. The standard InChI is InChI=1S/C12H13BrN4O/c1-8-5-9(3-4-10(8)13)12(18)14-6-11-16-15-7-17(11)2/h3-5,7H,6H2,1-2H3,(H,14,18). The summed E-state index contributed by atoms with van der Waals surface area (Å²) in [5.41, 5.74) is 1.67. The van der Waals surface area contributed by atoms with Gasteiger partial charge in [0.1, 0.15) is 6.33 Å². The van der Waals surface area contributed by atoms with E-state index in [4.69, 9.17) is 0 Å². The average Bonchev–Trinajstić information content (AvgIpc) is 2.75. The van der Waals surface area contributed by atoms with E-state index in [1.807, 2.05) is 26.1 Å². The number of nitrogens with one attached hydrogen (secondary N) is 1. The first-order valence-electron chi connectivity index (χ1n) is 5.45. The fourth-order valence-electron chi connectivity index (χ4n) is 1.51. The Morgan fingerprint density at radius 3 is 2.89 bits per heavy atom. The van der Waals surface area contributed by atoms with Gasteiger partial charge in [0.15, 0.2) is 5.82 Å². The predicted molar refractivity (Wildman–Crippen MR) is 71.1 cm³/mol. The molecule has 1 heterocycles. The molecule has 0 atom stereocenters. The van der Waals surface area contributed by atoms with Crippen LogP contribution in [0.3, 0.4) is 0 Å². The van der Waals surface area contributed by atoms with Crippen molar-refractivity contribution >= 4 is 21.8 Å². The number of benzene rings is 1. The van der Waals surface area contributed by atoms with Gasteiger partial charge in [-0.2, -0.15) is 0 Å². The summed E-state index contributed by atoms with van der Waals surface area (Å²) in [5, 5.41) is 10.5. The van der Waals surface area contributed by atoms with Crippen molar-refractivity contribution < 1.29 is 4.79 Å². The van der Waals surface area contributed by atoms with Crippen LogP contribution in [0.15, 0.2) is 29.0 Å². The van der Waals surface area contributed by atoms with Crippen LogP contribution in [0.25, 0.3) is 0 Å². The van der Waals surface area contributed by atoms with Crippen LogP contribution in [0.5, 0.6) is 0 Å². The largest absolute Gasteiger partial charge is 0.345 e. The van der Waals surface area contributed by atoms with Crippen molar-refractivity contribution in [1.29, 1.82) is 0 Å². The van der Waals surface area contributed by atoms with Crippen LogP contribution in [0.1, 0.15) is 21.7 Å². The van der Waals surface area contributed by atoms with Gasteiger partial charge in [-0.15, -0.1) is 10.2 Å². The minimum absolute atomic E-state index is 0.117. The Morgan fingerprint density at radius 1 is 1.50 bits per heavy atom. The molecule has 18 heavy (non-hydrogen) atoms. The van der Waals surface area contributed by atoms with Gasteiger partial charge in [0.05, 0.1) is 6.54 Å². The summed E-state index contributed by atoms with van der Waals surface area (Å²) in [6.07, 6.45) is 1.60. The molecule has 0 spiro atoms. The van der Waals surface area contributed by atoms with E-state index in [1.54, 1.807) is 17.0 Å². The molecular weight excluding hydrogens is 296 g/mol. The van der Waals surface area contributed by atoms with Crippen LogP contribution in [-0.4, -0.2) is 20.7 Å². The second kappa shape index (κ2) is 5.30. The highest BCUT2D eigenvalue weighted by Crippen LogP contribution is 2.16. The molecule has 0 saturated carbocycles. The Bertz CT molecular complexity index is 579. The van der Waals surface area contributed by atoms with Gasteiger partial charge in [-0.05, 0) is 30.7 Å². The topological polar surface area (TPSA) is 59.8 Å². The van der Waals surface area contributed by atoms with E-state index in [0.717, 1.165) is 15.9 Å². The second-order valence-corrected chi connectivity index (χ2v) is 4.86. The first kappa shape index (κ1) is 12.8. The van der Waals surface area contributed by atoms with Crippen molar-refractivity contribution in [2.24, 2.45) is 7.05 Å². The molecule has 1 N–H and O–H groups in total. The van der Waals surface area contributed by atoms with Gasteiger partial charge >= 0.3 is 0 Å². The summed E-state index contributed by atoms with van der Waals surface area (Å²) >= 11 is 3.41. The number of carbonyl (C=O) groups is 1. The van der Waals surface area contributed by atoms with Crippen LogP contribution in [0.2, 0.25) is 0 Å². The van der Waals surface area contributed by atoms with Gasteiger partial charge in [-0.1, -0.05) is 15.9 Å². The summed E-state index contributed by atoms with van der Waals surface area (Å²) < 4.78 is 2.76. The lowest BCUT2D eigenvalue weighted by Crippen LogP contribution is -2.24. The zero-order valence-electron chi connectivity index (χ0n) is 10.1. The molecule has 0 fully saturated rings. The van der Waals surface area contributed by atoms with Gasteiger partial charge in [0.25, 0.3) is 5.91 Å². The lowest BCUT2D eigenvalue weighted by molar-refractivity contribution is 0.0949. The Morgan fingerprint density at radius 2 is 2.28 bits per heavy atom. The van der Waals surface area contributed by atoms with Crippen molar-refractivity contribution in [3.05, 3.63) is 46.0 Å². The highest BCUT2D eigenvalue weighted by Gasteiger charge is 2.08. The van der Waals surface area contributed by atoms with E-state index in [-0.39, 0.29) is 5.91 Å². The Kier molecular flexibility index (Phi) is 3.76. The highest BCUT2D eigenvalue weighted by atomic mass is 79.9. The number of hydrogen-bond acceptors (Lipinski definition) is 3. The maximum atomic E-state index is 11.9.